The maximum Gasteiger partial charge on any atom is 0.225 e. The number of carbonyl (C=O) groups excluding carboxylic acids is 1. The predicted octanol–water partition coefficient (Wildman–Crippen LogP) is 0.802. The van der Waals surface area contributed by atoms with Gasteiger partial charge in [0.2, 0.25) is 5.91 Å². The van der Waals surface area contributed by atoms with E-state index in [4.69, 9.17) is 4.74 Å². The van der Waals surface area contributed by atoms with Crippen LogP contribution >= 0.6 is 0 Å². The van der Waals surface area contributed by atoms with Crippen molar-refractivity contribution in [2.24, 2.45) is 5.92 Å². The number of methoxy groups -OCH3 is 1. The molecule has 0 aromatic carbocycles. The molecule has 2 saturated heterocycles. The van der Waals surface area contributed by atoms with Gasteiger partial charge in [-0.15, -0.1) is 0 Å². The van der Waals surface area contributed by atoms with Crippen molar-refractivity contribution >= 4 is 5.91 Å². The van der Waals surface area contributed by atoms with E-state index >= 15 is 0 Å². The van der Waals surface area contributed by atoms with Crippen molar-refractivity contribution in [3.05, 3.63) is 18.2 Å². The normalized spacial score (nSPS) is 21.4. The topological polar surface area (TPSA) is 64.7 Å². The van der Waals surface area contributed by atoms with E-state index in [1.54, 1.807) is 13.3 Å². The summed E-state index contributed by atoms with van der Waals surface area (Å²) in [6.07, 6.45) is 6.66. The zero-order valence-corrected chi connectivity index (χ0v) is 15.3. The summed E-state index contributed by atoms with van der Waals surface area (Å²) in [6, 6.07) is 0. The molecule has 0 spiro atoms. The summed E-state index contributed by atoms with van der Waals surface area (Å²) in [6.45, 7) is 8.29. The van der Waals surface area contributed by atoms with Crippen LogP contribution in [0, 0.1) is 5.92 Å². The Morgan fingerprint density at radius 1 is 1.20 bits per heavy atom. The summed E-state index contributed by atoms with van der Waals surface area (Å²) >= 11 is 0. The number of nitrogens with zero attached hydrogens (tertiary/aromatic N) is 4. The lowest BCUT2D eigenvalue weighted by Crippen LogP contribution is -2.44. The molecule has 0 bridgehead atoms. The van der Waals surface area contributed by atoms with Crippen molar-refractivity contribution in [1.82, 2.24) is 24.7 Å². The molecule has 3 heterocycles. The summed E-state index contributed by atoms with van der Waals surface area (Å²) in [4.78, 5) is 27.3. The Kier molecular flexibility index (Phi) is 6.84. The van der Waals surface area contributed by atoms with Crippen LogP contribution in [0.15, 0.2) is 12.4 Å². The highest BCUT2D eigenvalue weighted by Gasteiger charge is 2.29. The molecule has 0 atom stereocenters. The first-order valence-corrected chi connectivity index (χ1v) is 9.47. The lowest BCUT2D eigenvalue weighted by molar-refractivity contribution is -0.137. The van der Waals surface area contributed by atoms with E-state index in [-0.39, 0.29) is 5.92 Å². The van der Waals surface area contributed by atoms with Crippen LogP contribution in [0.25, 0.3) is 0 Å². The Hall–Kier alpha value is -1.44. The first kappa shape index (κ1) is 18.4. The molecule has 0 unspecified atom stereocenters. The fraction of sp³-hybridized carbons (Fsp3) is 0.778. The summed E-state index contributed by atoms with van der Waals surface area (Å²) < 4.78 is 5.15. The second kappa shape index (κ2) is 9.31. The summed E-state index contributed by atoms with van der Waals surface area (Å²) in [5.74, 6) is 1.57. The van der Waals surface area contributed by atoms with E-state index < -0.39 is 0 Å². The fourth-order valence-corrected chi connectivity index (χ4v) is 3.83. The Morgan fingerprint density at radius 2 is 2.04 bits per heavy atom. The van der Waals surface area contributed by atoms with Crippen LogP contribution in [0.3, 0.4) is 0 Å². The molecule has 2 aliphatic heterocycles. The number of nitrogens with one attached hydrogen (secondary N) is 1. The maximum atomic E-state index is 12.9. The molecule has 2 fully saturated rings. The van der Waals surface area contributed by atoms with Crippen molar-refractivity contribution in [3.63, 3.8) is 0 Å². The van der Waals surface area contributed by atoms with Gasteiger partial charge < -0.3 is 19.5 Å². The average Bonchev–Trinajstić information content (AvgIpc) is 3.04. The number of ether oxygens (including phenoxy) is 1. The zero-order chi connectivity index (χ0) is 17.5. The SMILES string of the molecule is COCCN1CCC(C(=O)N2CCCN(Cc3ncc[nH]3)CC2)CC1. The Bertz CT molecular complexity index is 514. The van der Waals surface area contributed by atoms with E-state index in [2.05, 4.69) is 24.7 Å². The number of H-pyrrole nitrogens is 1. The van der Waals surface area contributed by atoms with Crippen LogP contribution in [-0.4, -0.2) is 90.1 Å². The summed E-state index contributed by atoms with van der Waals surface area (Å²) in [5.41, 5.74) is 0. The van der Waals surface area contributed by atoms with E-state index in [0.29, 0.717) is 5.91 Å². The molecule has 1 aromatic rings. The highest BCUT2D eigenvalue weighted by Crippen LogP contribution is 2.20. The lowest BCUT2D eigenvalue weighted by atomic mass is 9.95. The van der Waals surface area contributed by atoms with Crippen molar-refractivity contribution in [2.45, 2.75) is 25.8 Å². The molecule has 0 saturated carbocycles. The van der Waals surface area contributed by atoms with Crippen molar-refractivity contribution < 1.29 is 9.53 Å². The van der Waals surface area contributed by atoms with Gasteiger partial charge in [-0.25, -0.2) is 4.98 Å². The van der Waals surface area contributed by atoms with Gasteiger partial charge in [0, 0.05) is 58.1 Å². The van der Waals surface area contributed by atoms with E-state index in [9.17, 15) is 4.79 Å². The van der Waals surface area contributed by atoms with E-state index in [1.807, 2.05) is 6.20 Å². The third-order valence-electron chi connectivity index (χ3n) is 5.38. The van der Waals surface area contributed by atoms with Gasteiger partial charge in [0.1, 0.15) is 5.82 Å². The van der Waals surface area contributed by atoms with Crippen LogP contribution in [0.2, 0.25) is 0 Å². The van der Waals surface area contributed by atoms with Gasteiger partial charge in [-0.3, -0.25) is 9.69 Å². The smallest absolute Gasteiger partial charge is 0.225 e. The van der Waals surface area contributed by atoms with Gasteiger partial charge in [0.25, 0.3) is 0 Å². The molecule has 3 rings (SSSR count). The molecule has 1 N–H and O–H groups in total. The van der Waals surface area contributed by atoms with Gasteiger partial charge in [0.05, 0.1) is 13.2 Å². The summed E-state index contributed by atoms with van der Waals surface area (Å²) in [5, 5.41) is 0. The van der Waals surface area contributed by atoms with Crippen molar-refractivity contribution in [1.29, 1.82) is 0 Å². The van der Waals surface area contributed by atoms with Gasteiger partial charge in [-0.2, -0.15) is 0 Å². The number of hydrogen-bond acceptors (Lipinski definition) is 5. The number of likely N-dealkylation sites (tertiary alicyclic amines) is 1. The van der Waals surface area contributed by atoms with Crippen molar-refractivity contribution in [3.8, 4) is 0 Å². The lowest BCUT2D eigenvalue weighted by Gasteiger charge is -2.33. The molecule has 0 radical (unpaired) electrons. The van der Waals surface area contributed by atoms with Gasteiger partial charge >= 0.3 is 0 Å². The molecule has 0 aliphatic carbocycles. The largest absolute Gasteiger partial charge is 0.383 e. The molecule has 25 heavy (non-hydrogen) atoms. The van der Waals surface area contributed by atoms with Crippen LogP contribution in [-0.2, 0) is 16.1 Å². The molecule has 2 aliphatic rings. The van der Waals surface area contributed by atoms with E-state index in [0.717, 1.165) is 84.1 Å². The molecule has 1 aromatic heterocycles. The second-order valence-corrected chi connectivity index (χ2v) is 7.10. The number of hydrogen-bond donors (Lipinski definition) is 1. The number of imidazole rings is 1. The maximum absolute atomic E-state index is 12.9. The zero-order valence-electron chi connectivity index (χ0n) is 15.3. The number of carbonyl (C=O) groups is 1. The molecule has 7 heteroatoms. The van der Waals surface area contributed by atoms with Gasteiger partial charge in [0.15, 0.2) is 0 Å². The third-order valence-corrected chi connectivity index (χ3v) is 5.38. The molecule has 7 nitrogen and oxygen atoms in total. The number of rotatable bonds is 6. The Labute approximate surface area is 150 Å². The highest BCUT2D eigenvalue weighted by molar-refractivity contribution is 5.79. The monoisotopic (exact) mass is 349 g/mol. The van der Waals surface area contributed by atoms with Gasteiger partial charge in [-0.1, -0.05) is 0 Å². The van der Waals surface area contributed by atoms with Crippen molar-refractivity contribution in [2.75, 3.05) is 59.5 Å². The van der Waals surface area contributed by atoms with Gasteiger partial charge in [-0.05, 0) is 32.4 Å². The highest BCUT2D eigenvalue weighted by atomic mass is 16.5. The minimum absolute atomic E-state index is 0.204. The fourth-order valence-electron chi connectivity index (χ4n) is 3.83. The molecular weight excluding hydrogens is 318 g/mol. The molecule has 140 valence electrons. The predicted molar refractivity (Wildman–Crippen MR) is 96.1 cm³/mol. The van der Waals surface area contributed by atoms with Crippen LogP contribution in [0.1, 0.15) is 25.1 Å². The average molecular weight is 349 g/mol. The first-order chi connectivity index (χ1) is 12.3. The second-order valence-electron chi connectivity index (χ2n) is 7.10. The number of aromatic nitrogens is 2. The quantitative estimate of drug-likeness (QED) is 0.823. The molecular formula is C18H31N5O2. The number of piperidine rings is 1. The first-order valence-electron chi connectivity index (χ1n) is 9.47. The minimum atomic E-state index is 0.204. The minimum Gasteiger partial charge on any atom is -0.383 e. The van der Waals surface area contributed by atoms with Crippen LogP contribution < -0.4 is 0 Å². The third kappa shape index (κ3) is 5.26. The van der Waals surface area contributed by atoms with Crippen LogP contribution in [0.5, 0.6) is 0 Å². The standard InChI is InChI=1S/C18H31N5O2/c1-25-14-13-21-9-3-16(4-10-21)18(24)23-8-2-7-22(11-12-23)15-17-19-5-6-20-17/h5-6,16H,2-4,7-15H2,1H3,(H,19,20). The summed E-state index contributed by atoms with van der Waals surface area (Å²) in [7, 11) is 1.74. The molecule has 1 amide bonds. The Balaban J connectivity index is 1.43. The number of amides is 1. The number of aromatic amines is 1. The Morgan fingerprint density at radius 3 is 2.76 bits per heavy atom. The van der Waals surface area contributed by atoms with E-state index in [1.165, 1.54) is 0 Å². The van der Waals surface area contributed by atoms with Crippen LogP contribution in [0.4, 0.5) is 0 Å².